The van der Waals surface area contributed by atoms with Gasteiger partial charge in [-0.3, -0.25) is 4.79 Å². The first-order chi connectivity index (χ1) is 11.0. The Morgan fingerprint density at radius 1 is 1.39 bits per heavy atom. The molecule has 0 atom stereocenters. The zero-order valence-electron chi connectivity index (χ0n) is 12.7. The molecular formula is C15H13N3O4S. The predicted molar refractivity (Wildman–Crippen MR) is 84.7 cm³/mol. The van der Waals surface area contributed by atoms with Crippen LogP contribution >= 0.6 is 11.8 Å². The van der Waals surface area contributed by atoms with Gasteiger partial charge in [-0.1, -0.05) is 11.8 Å². The molecule has 0 aliphatic rings. The summed E-state index contributed by atoms with van der Waals surface area (Å²) in [6, 6.07) is 6.51. The van der Waals surface area contributed by atoms with Crippen molar-refractivity contribution >= 4 is 17.7 Å². The second kappa shape index (κ2) is 6.98. The Hall–Kier alpha value is -2.79. The summed E-state index contributed by atoms with van der Waals surface area (Å²) in [5.41, 5.74) is 0.183. The first-order valence-electron chi connectivity index (χ1n) is 6.40. The van der Waals surface area contributed by atoms with E-state index in [2.05, 4.69) is 9.97 Å². The molecule has 0 saturated heterocycles. The maximum absolute atomic E-state index is 12.0. The number of nitrogens with zero attached hydrogens (tertiary/aromatic N) is 2. The minimum atomic E-state index is -0.586. The van der Waals surface area contributed by atoms with Gasteiger partial charge in [0.25, 0.3) is 5.56 Å². The average molecular weight is 331 g/mol. The summed E-state index contributed by atoms with van der Waals surface area (Å²) in [5, 5.41) is 9.59. The number of carbonyl (C=O) groups excluding carboxylic acids is 1. The lowest BCUT2D eigenvalue weighted by atomic mass is 10.0. The van der Waals surface area contributed by atoms with E-state index in [4.69, 9.17) is 9.47 Å². The van der Waals surface area contributed by atoms with Crippen LogP contribution in [0.4, 0.5) is 0 Å². The quantitative estimate of drug-likeness (QED) is 0.517. The van der Waals surface area contributed by atoms with E-state index in [-0.39, 0.29) is 16.8 Å². The Kier molecular flexibility index (Phi) is 5.03. The highest BCUT2D eigenvalue weighted by Crippen LogP contribution is 2.28. The number of aromatic nitrogens is 2. The molecule has 0 aliphatic carbocycles. The number of aromatic amines is 1. The van der Waals surface area contributed by atoms with Gasteiger partial charge >= 0.3 is 5.97 Å². The highest BCUT2D eigenvalue weighted by atomic mass is 32.2. The number of H-pyrrole nitrogens is 1. The number of benzene rings is 1. The zero-order chi connectivity index (χ0) is 17.0. The summed E-state index contributed by atoms with van der Waals surface area (Å²) < 4.78 is 9.84. The van der Waals surface area contributed by atoms with Crippen LogP contribution in [0.5, 0.6) is 5.75 Å². The number of ether oxygens (including phenoxy) is 2. The number of thioether (sulfide) groups is 1. The summed E-state index contributed by atoms with van der Waals surface area (Å²) in [7, 11) is 2.69. The molecule has 1 N–H and O–H groups in total. The van der Waals surface area contributed by atoms with Crippen LogP contribution in [0.15, 0.2) is 28.2 Å². The minimum Gasteiger partial charge on any atom is -0.496 e. The first kappa shape index (κ1) is 16.6. The molecule has 1 aromatic carbocycles. The van der Waals surface area contributed by atoms with E-state index in [1.165, 1.54) is 32.0 Å². The van der Waals surface area contributed by atoms with Crippen LogP contribution in [-0.4, -0.2) is 36.4 Å². The Morgan fingerprint density at radius 3 is 2.70 bits per heavy atom. The molecule has 1 aromatic heterocycles. The molecule has 7 nitrogen and oxygen atoms in total. The molecule has 0 unspecified atom stereocenters. The summed E-state index contributed by atoms with van der Waals surface area (Å²) >= 11 is 1.24. The third-order valence-electron chi connectivity index (χ3n) is 3.08. The van der Waals surface area contributed by atoms with Gasteiger partial charge in [0, 0.05) is 5.56 Å². The smallest absolute Gasteiger partial charge is 0.341 e. The number of esters is 1. The lowest BCUT2D eigenvalue weighted by molar-refractivity contribution is 0.0597. The molecule has 0 saturated carbocycles. The van der Waals surface area contributed by atoms with Gasteiger partial charge in [-0.15, -0.1) is 0 Å². The lowest BCUT2D eigenvalue weighted by Crippen LogP contribution is -2.15. The van der Waals surface area contributed by atoms with Crippen molar-refractivity contribution in [2.45, 2.75) is 5.16 Å². The molecule has 2 aromatic rings. The second-order valence-corrected chi connectivity index (χ2v) is 5.11. The van der Waals surface area contributed by atoms with Gasteiger partial charge < -0.3 is 14.5 Å². The van der Waals surface area contributed by atoms with Crippen molar-refractivity contribution in [3.8, 4) is 23.1 Å². The number of methoxy groups -OCH3 is 2. The van der Waals surface area contributed by atoms with E-state index < -0.39 is 11.5 Å². The van der Waals surface area contributed by atoms with Gasteiger partial charge in [0.05, 0.1) is 19.9 Å². The second-order valence-electron chi connectivity index (χ2n) is 4.32. The number of nitriles is 1. The van der Waals surface area contributed by atoms with Crippen molar-refractivity contribution in [3.05, 3.63) is 39.7 Å². The minimum absolute atomic E-state index is 0.121. The van der Waals surface area contributed by atoms with Crippen LogP contribution in [0.2, 0.25) is 0 Å². The first-order valence-corrected chi connectivity index (χ1v) is 7.63. The summed E-state index contributed by atoms with van der Waals surface area (Å²) in [6.45, 7) is 0. The van der Waals surface area contributed by atoms with Crippen LogP contribution < -0.4 is 10.3 Å². The maximum atomic E-state index is 12.0. The fourth-order valence-corrected chi connectivity index (χ4v) is 2.36. The van der Waals surface area contributed by atoms with E-state index in [0.29, 0.717) is 16.5 Å². The van der Waals surface area contributed by atoms with Crippen molar-refractivity contribution in [2.75, 3.05) is 20.5 Å². The Balaban J connectivity index is 2.72. The summed E-state index contributed by atoms with van der Waals surface area (Å²) in [4.78, 5) is 30.6. The molecule has 0 bridgehead atoms. The molecule has 8 heteroatoms. The molecule has 2 rings (SSSR count). The molecule has 0 aliphatic heterocycles. The topological polar surface area (TPSA) is 105 Å². The monoisotopic (exact) mass is 331 g/mol. The SMILES string of the molecule is COC(=O)c1cc(-c2nc(SC)[nH]c(=O)c2C#N)ccc1OC. The largest absolute Gasteiger partial charge is 0.496 e. The Labute approximate surface area is 136 Å². The van der Waals surface area contributed by atoms with Crippen LogP contribution in [0.3, 0.4) is 0 Å². The van der Waals surface area contributed by atoms with E-state index >= 15 is 0 Å². The molecule has 0 radical (unpaired) electrons. The fourth-order valence-electron chi connectivity index (χ4n) is 1.99. The van der Waals surface area contributed by atoms with Crippen molar-refractivity contribution in [1.29, 1.82) is 5.26 Å². The Morgan fingerprint density at radius 2 is 2.13 bits per heavy atom. The highest BCUT2D eigenvalue weighted by Gasteiger charge is 2.18. The van der Waals surface area contributed by atoms with Crippen molar-refractivity contribution in [1.82, 2.24) is 9.97 Å². The molecule has 1 heterocycles. The molecule has 0 fully saturated rings. The van der Waals surface area contributed by atoms with E-state index in [1.54, 1.807) is 18.4 Å². The molecular weight excluding hydrogens is 318 g/mol. The highest BCUT2D eigenvalue weighted by molar-refractivity contribution is 7.98. The van der Waals surface area contributed by atoms with Gasteiger partial charge in [0.2, 0.25) is 0 Å². The molecule has 23 heavy (non-hydrogen) atoms. The predicted octanol–water partition coefficient (Wildman–Crippen LogP) is 1.83. The number of hydrogen-bond acceptors (Lipinski definition) is 7. The van der Waals surface area contributed by atoms with Gasteiger partial charge in [0.15, 0.2) is 5.16 Å². The fraction of sp³-hybridized carbons (Fsp3) is 0.200. The van der Waals surface area contributed by atoms with E-state index in [9.17, 15) is 14.9 Å². The van der Waals surface area contributed by atoms with Gasteiger partial charge in [0.1, 0.15) is 22.9 Å². The molecule has 0 spiro atoms. The third kappa shape index (κ3) is 3.19. The number of rotatable bonds is 4. The number of hydrogen-bond donors (Lipinski definition) is 1. The van der Waals surface area contributed by atoms with Crippen molar-refractivity contribution < 1.29 is 14.3 Å². The molecule has 0 amide bonds. The standard InChI is InChI=1S/C15H13N3O4S/c1-21-11-5-4-8(6-9(11)14(20)22-2)12-10(7-16)13(19)18-15(17-12)23-3/h4-6H,1-3H3,(H,17,18,19). The number of nitrogens with one attached hydrogen (secondary N) is 1. The van der Waals surface area contributed by atoms with Crippen molar-refractivity contribution in [3.63, 3.8) is 0 Å². The summed E-state index contributed by atoms with van der Waals surface area (Å²) in [6.07, 6.45) is 1.75. The van der Waals surface area contributed by atoms with E-state index in [1.807, 2.05) is 6.07 Å². The molecule has 118 valence electrons. The third-order valence-corrected chi connectivity index (χ3v) is 3.66. The van der Waals surface area contributed by atoms with Crippen molar-refractivity contribution in [2.24, 2.45) is 0 Å². The summed E-state index contributed by atoms with van der Waals surface area (Å²) in [5.74, 6) is -0.258. The lowest BCUT2D eigenvalue weighted by Gasteiger charge is -2.10. The van der Waals surface area contributed by atoms with Crippen LogP contribution in [0.25, 0.3) is 11.3 Å². The Bertz CT molecular complexity index is 855. The number of carbonyl (C=O) groups is 1. The van der Waals surface area contributed by atoms with Gasteiger partial charge in [-0.25, -0.2) is 9.78 Å². The zero-order valence-corrected chi connectivity index (χ0v) is 13.5. The van der Waals surface area contributed by atoms with Gasteiger partial charge in [-0.2, -0.15) is 5.26 Å². The average Bonchev–Trinajstić information content (AvgIpc) is 2.59. The normalized spacial score (nSPS) is 10.0. The van der Waals surface area contributed by atoms with Crippen LogP contribution in [0.1, 0.15) is 15.9 Å². The maximum Gasteiger partial charge on any atom is 0.341 e. The van der Waals surface area contributed by atoms with Crippen LogP contribution in [0, 0.1) is 11.3 Å². The van der Waals surface area contributed by atoms with Gasteiger partial charge in [-0.05, 0) is 24.5 Å². The van der Waals surface area contributed by atoms with E-state index in [0.717, 1.165) is 0 Å². The van der Waals surface area contributed by atoms with Crippen LogP contribution in [-0.2, 0) is 4.74 Å².